The van der Waals surface area contributed by atoms with E-state index >= 15 is 0 Å². The molecule has 2 aromatic rings. The van der Waals surface area contributed by atoms with Crippen molar-refractivity contribution < 1.29 is 14.3 Å². The Kier molecular flexibility index (Phi) is 5.93. The van der Waals surface area contributed by atoms with E-state index in [2.05, 4.69) is 5.32 Å². The summed E-state index contributed by atoms with van der Waals surface area (Å²) in [5.41, 5.74) is 2.65. The molecular formula is C20H18N2O3S2. The summed E-state index contributed by atoms with van der Waals surface area (Å²) in [5, 5.41) is 2.76. The number of amides is 2. The molecule has 0 bridgehead atoms. The zero-order valence-corrected chi connectivity index (χ0v) is 16.5. The molecule has 0 atom stereocenters. The number of hydrogen-bond donors (Lipinski definition) is 1. The van der Waals surface area contributed by atoms with Crippen LogP contribution < -0.4 is 10.1 Å². The van der Waals surface area contributed by atoms with E-state index in [4.69, 9.17) is 17.0 Å². The van der Waals surface area contributed by atoms with Gasteiger partial charge in [0.05, 0.1) is 12.0 Å². The molecule has 138 valence electrons. The van der Waals surface area contributed by atoms with Crippen molar-refractivity contribution in [2.24, 2.45) is 0 Å². The molecule has 1 saturated heterocycles. The number of ether oxygens (including phenoxy) is 1. The van der Waals surface area contributed by atoms with Crippen molar-refractivity contribution in [3.63, 3.8) is 0 Å². The fourth-order valence-corrected chi connectivity index (χ4v) is 3.79. The van der Waals surface area contributed by atoms with Gasteiger partial charge in [-0.2, -0.15) is 0 Å². The highest BCUT2D eigenvalue weighted by molar-refractivity contribution is 8.26. The molecule has 27 heavy (non-hydrogen) atoms. The van der Waals surface area contributed by atoms with E-state index in [9.17, 15) is 9.59 Å². The molecule has 7 heteroatoms. The normalized spacial score (nSPS) is 15.3. The van der Waals surface area contributed by atoms with Crippen LogP contribution >= 0.6 is 24.0 Å². The molecule has 1 heterocycles. The average Bonchev–Trinajstić information content (AvgIpc) is 2.91. The van der Waals surface area contributed by atoms with Crippen molar-refractivity contribution in [1.29, 1.82) is 0 Å². The summed E-state index contributed by atoms with van der Waals surface area (Å²) >= 11 is 6.50. The molecule has 2 amide bonds. The Morgan fingerprint density at radius 1 is 1.22 bits per heavy atom. The van der Waals surface area contributed by atoms with Crippen LogP contribution in [0.15, 0.2) is 53.4 Å². The van der Waals surface area contributed by atoms with Crippen LogP contribution in [0, 0.1) is 6.92 Å². The number of methoxy groups -OCH3 is 1. The number of carbonyl (C=O) groups excluding carboxylic acids is 2. The van der Waals surface area contributed by atoms with E-state index in [0.29, 0.717) is 20.7 Å². The van der Waals surface area contributed by atoms with Crippen LogP contribution in [0.1, 0.15) is 11.1 Å². The van der Waals surface area contributed by atoms with Gasteiger partial charge in [-0.1, -0.05) is 48.2 Å². The van der Waals surface area contributed by atoms with Crippen LogP contribution in [-0.4, -0.2) is 34.7 Å². The van der Waals surface area contributed by atoms with Gasteiger partial charge < -0.3 is 10.1 Å². The molecule has 3 rings (SSSR count). The van der Waals surface area contributed by atoms with Gasteiger partial charge in [-0.3, -0.25) is 14.5 Å². The van der Waals surface area contributed by atoms with Gasteiger partial charge in [0.1, 0.15) is 16.6 Å². The SMILES string of the molecule is COc1ccc(NC(=O)CN2C(=O)/C(=C/c3ccccc3C)SC2=S)cc1. The quantitative estimate of drug-likeness (QED) is 0.613. The molecule has 2 aromatic carbocycles. The van der Waals surface area contributed by atoms with E-state index in [0.717, 1.165) is 11.1 Å². The Hall–Kier alpha value is -2.64. The summed E-state index contributed by atoms with van der Waals surface area (Å²) in [5.74, 6) is 0.137. The molecule has 0 aromatic heterocycles. The Labute approximate surface area is 167 Å². The lowest BCUT2D eigenvalue weighted by atomic mass is 10.1. The molecule has 1 fully saturated rings. The summed E-state index contributed by atoms with van der Waals surface area (Å²) < 4.78 is 5.47. The zero-order valence-electron chi connectivity index (χ0n) is 14.9. The second-order valence-corrected chi connectivity index (χ2v) is 7.58. The maximum Gasteiger partial charge on any atom is 0.266 e. The number of benzene rings is 2. The Balaban J connectivity index is 1.68. The largest absolute Gasteiger partial charge is 0.497 e. The lowest BCUT2D eigenvalue weighted by Gasteiger charge is -2.14. The number of nitrogens with zero attached hydrogens (tertiary/aromatic N) is 1. The minimum absolute atomic E-state index is 0.123. The maximum absolute atomic E-state index is 12.7. The first-order valence-corrected chi connectivity index (χ1v) is 9.45. The molecule has 0 saturated carbocycles. The highest BCUT2D eigenvalue weighted by Crippen LogP contribution is 2.32. The predicted octanol–water partition coefficient (Wildman–Crippen LogP) is 3.84. The average molecular weight is 399 g/mol. The number of nitrogens with one attached hydrogen (secondary N) is 1. The smallest absolute Gasteiger partial charge is 0.266 e. The van der Waals surface area contributed by atoms with Crippen molar-refractivity contribution in [3.8, 4) is 5.75 Å². The number of rotatable bonds is 5. The number of hydrogen-bond acceptors (Lipinski definition) is 5. The van der Waals surface area contributed by atoms with Crippen LogP contribution in [0.25, 0.3) is 6.08 Å². The summed E-state index contributed by atoms with van der Waals surface area (Å²) in [6.45, 7) is 1.86. The minimum Gasteiger partial charge on any atom is -0.497 e. The number of aryl methyl sites for hydroxylation is 1. The molecule has 5 nitrogen and oxygen atoms in total. The van der Waals surface area contributed by atoms with E-state index < -0.39 is 0 Å². The van der Waals surface area contributed by atoms with Crippen LogP contribution in [0.4, 0.5) is 5.69 Å². The van der Waals surface area contributed by atoms with E-state index in [1.54, 1.807) is 31.4 Å². The van der Waals surface area contributed by atoms with E-state index in [-0.39, 0.29) is 18.4 Å². The summed E-state index contributed by atoms with van der Waals surface area (Å²) in [4.78, 5) is 26.8. The van der Waals surface area contributed by atoms with Crippen LogP contribution in [-0.2, 0) is 9.59 Å². The van der Waals surface area contributed by atoms with Gasteiger partial charge in [0.15, 0.2) is 0 Å². The molecule has 0 unspecified atom stereocenters. The molecular weight excluding hydrogens is 380 g/mol. The van der Waals surface area contributed by atoms with Crippen LogP contribution in [0.3, 0.4) is 0 Å². The van der Waals surface area contributed by atoms with Crippen molar-refractivity contribution in [2.45, 2.75) is 6.92 Å². The summed E-state index contributed by atoms with van der Waals surface area (Å²) in [7, 11) is 1.58. The predicted molar refractivity (Wildman–Crippen MR) is 113 cm³/mol. The van der Waals surface area contributed by atoms with Crippen molar-refractivity contribution in [1.82, 2.24) is 4.90 Å². The lowest BCUT2D eigenvalue weighted by molar-refractivity contribution is -0.126. The molecule has 0 aliphatic carbocycles. The topological polar surface area (TPSA) is 58.6 Å². The second kappa shape index (κ2) is 8.37. The molecule has 1 N–H and O–H groups in total. The standard InChI is InChI=1S/C20H18N2O3S2/c1-13-5-3-4-6-14(13)11-17-19(24)22(20(26)27-17)12-18(23)21-15-7-9-16(25-2)10-8-15/h3-11H,12H2,1-2H3,(H,21,23)/b17-11-. The minimum atomic E-state index is -0.311. The van der Waals surface area contributed by atoms with Crippen molar-refractivity contribution in [3.05, 3.63) is 64.6 Å². The third kappa shape index (κ3) is 4.56. The third-order valence-corrected chi connectivity index (χ3v) is 5.40. The maximum atomic E-state index is 12.7. The highest BCUT2D eigenvalue weighted by Gasteiger charge is 2.33. The van der Waals surface area contributed by atoms with Crippen LogP contribution in [0.2, 0.25) is 0 Å². The second-order valence-electron chi connectivity index (χ2n) is 5.90. The van der Waals surface area contributed by atoms with Gasteiger partial charge in [0, 0.05) is 5.69 Å². The summed E-state index contributed by atoms with van der Waals surface area (Å²) in [6.07, 6.45) is 1.82. The molecule has 0 radical (unpaired) electrons. The molecule has 1 aliphatic heterocycles. The summed E-state index contributed by atoms with van der Waals surface area (Å²) in [6, 6.07) is 14.8. The van der Waals surface area contributed by atoms with Gasteiger partial charge in [-0.15, -0.1) is 0 Å². The highest BCUT2D eigenvalue weighted by atomic mass is 32.2. The lowest BCUT2D eigenvalue weighted by Crippen LogP contribution is -2.36. The van der Waals surface area contributed by atoms with Gasteiger partial charge in [0.25, 0.3) is 5.91 Å². The van der Waals surface area contributed by atoms with Crippen molar-refractivity contribution in [2.75, 3.05) is 19.0 Å². The third-order valence-electron chi connectivity index (χ3n) is 4.02. The van der Waals surface area contributed by atoms with Crippen LogP contribution in [0.5, 0.6) is 5.75 Å². The fraction of sp³-hybridized carbons (Fsp3) is 0.150. The van der Waals surface area contributed by atoms with Gasteiger partial charge in [-0.25, -0.2) is 0 Å². The monoisotopic (exact) mass is 398 g/mol. The Morgan fingerprint density at radius 3 is 2.59 bits per heavy atom. The van der Waals surface area contributed by atoms with E-state index in [1.165, 1.54) is 16.7 Å². The number of thioether (sulfide) groups is 1. The van der Waals surface area contributed by atoms with E-state index in [1.807, 2.05) is 37.3 Å². The Bertz CT molecular complexity index is 923. The van der Waals surface area contributed by atoms with Gasteiger partial charge in [-0.05, 0) is 48.4 Å². The first-order valence-electron chi connectivity index (χ1n) is 8.23. The molecule has 1 aliphatic rings. The first kappa shape index (κ1) is 19.1. The number of anilines is 1. The van der Waals surface area contributed by atoms with Gasteiger partial charge in [0.2, 0.25) is 5.91 Å². The van der Waals surface area contributed by atoms with Crippen molar-refractivity contribution >= 4 is 51.9 Å². The number of carbonyl (C=O) groups is 2. The fourth-order valence-electron chi connectivity index (χ4n) is 2.54. The zero-order chi connectivity index (χ0) is 19.4. The first-order chi connectivity index (χ1) is 13.0. The Morgan fingerprint density at radius 2 is 1.93 bits per heavy atom. The van der Waals surface area contributed by atoms with Gasteiger partial charge >= 0.3 is 0 Å². The molecule has 0 spiro atoms. The number of thiocarbonyl (C=S) groups is 1.